The lowest BCUT2D eigenvalue weighted by Crippen LogP contribution is -2.46. The van der Waals surface area contributed by atoms with Crippen molar-refractivity contribution < 1.29 is 14.3 Å². The SMILES string of the molecule is O=C(NC[C@H]1CCCO1)[C@H](c1cccs1)N(CCc1ccccc1)C(=O)Cn1nnc2ccccc21. The number of benzene rings is 2. The molecule has 9 heteroatoms. The Morgan fingerprint density at radius 3 is 2.72 bits per heavy atom. The Morgan fingerprint density at radius 1 is 1.11 bits per heavy atom. The van der Waals surface area contributed by atoms with Crippen molar-refractivity contribution in [3.05, 3.63) is 82.6 Å². The van der Waals surface area contributed by atoms with Crippen LogP contribution in [-0.4, -0.2) is 57.5 Å². The van der Waals surface area contributed by atoms with Gasteiger partial charge in [-0.05, 0) is 48.4 Å². The maximum atomic E-state index is 13.8. The number of amides is 2. The zero-order valence-corrected chi connectivity index (χ0v) is 20.8. The molecule has 0 radical (unpaired) electrons. The summed E-state index contributed by atoms with van der Waals surface area (Å²) in [4.78, 5) is 29.9. The maximum absolute atomic E-state index is 13.8. The molecule has 1 aliphatic rings. The first-order chi connectivity index (χ1) is 17.7. The Hall–Kier alpha value is -3.56. The molecule has 1 saturated heterocycles. The molecule has 4 aromatic rings. The molecule has 2 aromatic carbocycles. The van der Waals surface area contributed by atoms with Crippen LogP contribution in [0.25, 0.3) is 11.0 Å². The molecule has 8 nitrogen and oxygen atoms in total. The second kappa shape index (κ2) is 11.5. The van der Waals surface area contributed by atoms with Gasteiger partial charge in [-0.1, -0.05) is 53.7 Å². The number of hydrogen-bond acceptors (Lipinski definition) is 6. The molecule has 2 aromatic heterocycles. The molecular formula is C27H29N5O3S. The van der Waals surface area contributed by atoms with Gasteiger partial charge >= 0.3 is 0 Å². The van der Waals surface area contributed by atoms with Gasteiger partial charge in [-0.15, -0.1) is 16.4 Å². The van der Waals surface area contributed by atoms with Gasteiger partial charge in [0.05, 0.1) is 11.6 Å². The Kier molecular flexibility index (Phi) is 7.68. The highest BCUT2D eigenvalue weighted by molar-refractivity contribution is 7.10. The van der Waals surface area contributed by atoms with Gasteiger partial charge in [0.2, 0.25) is 11.8 Å². The highest BCUT2D eigenvalue weighted by atomic mass is 32.1. The first-order valence-electron chi connectivity index (χ1n) is 12.2. The van der Waals surface area contributed by atoms with Gasteiger partial charge in [0.15, 0.2) is 0 Å². The number of fused-ring (bicyclic) bond motifs is 1. The minimum atomic E-state index is -0.739. The lowest BCUT2D eigenvalue weighted by Gasteiger charge is -2.31. The first-order valence-corrected chi connectivity index (χ1v) is 13.1. The van der Waals surface area contributed by atoms with E-state index in [1.807, 2.05) is 72.1 Å². The van der Waals surface area contributed by atoms with Crippen molar-refractivity contribution in [2.24, 2.45) is 0 Å². The summed E-state index contributed by atoms with van der Waals surface area (Å²) in [6.45, 7) is 1.55. The number of hydrogen-bond donors (Lipinski definition) is 1. The molecule has 2 amide bonds. The summed E-state index contributed by atoms with van der Waals surface area (Å²) >= 11 is 1.47. The highest BCUT2D eigenvalue weighted by Gasteiger charge is 2.33. The Balaban J connectivity index is 1.41. The van der Waals surface area contributed by atoms with Gasteiger partial charge in [-0.25, -0.2) is 4.68 Å². The summed E-state index contributed by atoms with van der Waals surface area (Å²) in [5.41, 5.74) is 2.61. The Labute approximate surface area is 213 Å². The predicted octanol–water partition coefficient (Wildman–Crippen LogP) is 3.60. The predicted molar refractivity (Wildman–Crippen MR) is 138 cm³/mol. The molecule has 5 rings (SSSR count). The number of aromatic nitrogens is 3. The molecule has 0 saturated carbocycles. The largest absolute Gasteiger partial charge is 0.376 e. The Morgan fingerprint density at radius 2 is 1.94 bits per heavy atom. The van der Waals surface area contributed by atoms with Crippen LogP contribution in [0.5, 0.6) is 0 Å². The minimum absolute atomic E-state index is 0.00378. The van der Waals surface area contributed by atoms with Crippen LogP contribution in [0.2, 0.25) is 0 Å². The molecule has 1 N–H and O–H groups in total. The van der Waals surface area contributed by atoms with Crippen molar-refractivity contribution in [3.63, 3.8) is 0 Å². The van der Waals surface area contributed by atoms with E-state index in [1.54, 1.807) is 9.58 Å². The first kappa shape index (κ1) is 24.1. The molecule has 2 atom stereocenters. The number of carbonyl (C=O) groups is 2. The van der Waals surface area contributed by atoms with E-state index in [-0.39, 0.29) is 24.5 Å². The third-order valence-electron chi connectivity index (χ3n) is 6.41. The number of nitrogens with zero attached hydrogens (tertiary/aromatic N) is 4. The normalized spacial score (nSPS) is 16.2. The third kappa shape index (κ3) is 5.63. The van der Waals surface area contributed by atoms with Gasteiger partial charge in [0.1, 0.15) is 18.1 Å². The second-order valence-corrected chi connectivity index (χ2v) is 9.84. The molecule has 36 heavy (non-hydrogen) atoms. The van der Waals surface area contributed by atoms with E-state index >= 15 is 0 Å². The van der Waals surface area contributed by atoms with Gasteiger partial charge in [-0.2, -0.15) is 0 Å². The van der Waals surface area contributed by atoms with Crippen molar-refractivity contribution in [2.75, 3.05) is 19.7 Å². The summed E-state index contributed by atoms with van der Waals surface area (Å²) in [7, 11) is 0. The van der Waals surface area contributed by atoms with Crippen molar-refractivity contribution in [1.29, 1.82) is 0 Å². The fourth-order valence-electron chi connectivity index (χ4n) is 4.53. The number of carbonyl (C=O) groups excluding carboxylic acids is 2. The zero-order chi connectivity index (χ0) is 24.7. The molecule has 0 bridgehead atoms. The van der Waals surface area contributed by atoms with Crippen LogP contribution in [0.4, 0.5) is 0 Å². The van der Waals surface area contributed by atoms with E-state index in [9.17, 15) is 9.59 Å². The summed E-state index contributed by atoms with van der Waals surface area (Å²) < 4.78 is 7.29. The van der Waals surface area contributed by atoms with Gasteiger partial charge in [0.25, 0.3) is 0 Å². The van der Waals surface area contributed by atoms with Gasteiger partial charge < -0.3 is 15.0 Å². The minimum Gasteiger partial charge on any atom is -0.376 e. The molecule has 1 aliphatic heterocycles. The lowest BCUT2D eigenvalue weighted by atomic mass is 10.1. The molecule has 0 spiro atoms. The quantitative estimate of drug-likeness (QED) is 0.357. The van der Waals surface area contributed by atoms with E-state index in [0.717, 1.165) is 40.9 Å². The topological polar surface area (TPSA) is 89.4 Å². The van der Waals surface area contributed by atoms with Crippen LogP contribution in [0.15, 0.2) is 72.1 Å². The van der Waals surface area contributed by atoms with Crippen LogP contribution in [0, 0.1) is 0 Å². The van der Waals surface area contributed by atoms with Crippen LogP contribution in [-0.2, 0) is 27.3 Å². The maximum Gasteiger partial charge on any atom is 0.248 e. The second-order valence-electron chi connectivity index (χ2n) is 8.86. The van der Waals surface area contributed by atoms with E-state index < -0.39 is 6.04 Å². The van der Waals surface area contributed by atoms with Crippen molar-refractivity contribution in [3.8, 4) is 0 Å². The van der Waals surface area contributed by atoms with Gasteiger partial charge in [0, 0.05) is 24.6 Å². The van der Waals surface area contributed by atoms with Crippen LogP contribution < -0.4 is 5.32 Å². The van der Waals surface area contributed by atoms with Crippen molar-refractivity contribution in [1.82, 2.24) is 25.2 Å². The van der Waals surface area contributed by atoms with E-state index in [0.29, 0.717) is 19.5 Å². The van der Waals surface area contributed by atoms with E-state index in [4.69, 9.17) is 4.74 Å². The van der Waals surface area contributed by atoms with Crippen molar-refractivity contribution >= 4 is 34.2 Å². The monoisotopic (exact) mass is 503 g/mol. The summed E-state index contributed by atoms with van der Waals surface area (Å²) in [6, 6.07) is 20.6. The molecular weight excluding hydrogens is 474 g/mol. The number of ether oxygens (including phenoxy) is 1. The smallest absolute Gasteiger partial charge is 0.248 e. The molecule has 186 valence electrons. The Bertz CT molecular complexity index is 1290. The van der Waals surface area contributed by atoms with E-state index in [2.05, 4.69) is 15.6 Å². The summed E-state index contributed by atoms with van der Waals surface area (Å²) in [6.07, 6.45) is 2.58. The standard InChI is InChI=1S/C27H29N5O3S/c33-25(19-32-23-12-5-4-11-22(23)29-30-32)31(15-14-20-8-2-1-3-9-20)26(24-13-7-17-36-24)27(34)28-18-21-10-6-16-35-21/h1-5,7-9,11-13,17,21,26H,6,10,14-16,18-19H2,(H,28,34)/t21-,26+/m1/s1. The van der Waals surface area contributed by atoms with Crippen molar-refractivity contribution in [2.45, 2.75) is 38.0 Å². The average molecular weight is 504 g/mol. The average Bonchev–Trinajstić information content (AvgIpc) is 3.69. The fraction of sp³-hybridized carbons (Fsp3) is 0.333. The number of para-hydroxylation sites is 1. The summed E-state index contributed by atoms with van der Waals surface area (Å²) in [5.74, 6) is -0.384. The van der Waals surface area contributed by atoms with Crippen LogP contribution in [0.1, 0.15) is 29.3 Å². The molecule has 0 aliphatic carbocycles. The molecule has 0 unspecified atom stereocenters. The van der Waals surface area contributed by atoms with Crippen LogP contribution >= 0.6 is 11.3 Å². The number of nitrogens with one attached hydrogen (secondary N) is 1. The molecule has 1 fully saturated rings. The molecule has 3 heterocycles. The summed E-state index contributed by atoms with van der Waals surface area (Å²) in [5, 5.41) is 13.4. The van der Waals surface area contributed by atoms with Gasteiger partial charge in [-0.3, -0.25) is 9.59 Å². The number of rotatable bonds is 10. The van der Waals surface area contributed by atoms with E-state index in [1.165, 1.54) is 11.3 Å². The van der Waals surface area contributed by atoms with Crippen LogP contribution in [0.3, 0.4) is 0 Å². The zero-order valence-electron chi connectivity index (χ0n) is 20.0. The third-order valence-corrected chi connectivity index (χ3v) is 7.34. The number of thiophene rings is 1. The fourth-order valence-corrected chi connectivity index (χ4v) is 5.37. The lowest BCUT2D eigenvalue weighted by molar-refractivity contribution is -0.141. The highest BCUT2D eigenvalue weighted by Crippen LogP contribution is 2.27.